The third kappa shape index (κ3) is 3.47. The molecule has 1 rings (SSSR count). The minimum Gasteiger partial charge on any atom is -0.444 e. The van der Waals surface area contributed by atoms with Gasteiger partial charge in [-0.2, -0.15) is 0 Å². The van der Waals surface area contributed by atoms with E-state index in [2.05, 4.69) is 22.6 Å². The number of carbonyl (C=O) groups excluding carboxylic acids is 1. The summed E-state index contributed by atoms with van der Waals surface area (Å²) in [5, 5.41) is 0. The molecule has 0 aromatic rings. The lowest BCUT2D eigenvalue weighted by Crippen LogP contribution is -2.50. The van der Waals surface area contributed by atoms with Crippen molar-refractivity contribution >= 4 is 28.7 Å². The summed E-state index contributed by atoms with van der Waals surface area (Å²) in [7, 11) is 0. The fourth-order valence-electron chi connectivity index (χ4n) is 2.06. The average molecular weight is 355 g/mol. The van der Waals surface area contributed by atoms with Crippen molar-refractivity contribution in [2.24, 2.45) is 0 Å². The Bertz CT molecular complexity index is 299. The Kier molecular flexibility index (Phi) is 4.34. The molecule has 1 heterocycles. The van der Waals surface area contributed by atoms with Gasteiger partial charge >= 0.3 is 6.09 Å². The minimum atomic E-state index is -0.600. The smallest absolute Gasteiger partial charge is 0.412 e. The van der Waals surface area contributed by atoms with Gasteiger partial charge < -0.3 is 9.47 Å². The molecule has 1 amide bonds. The van der Waals surface area contributed by atoms with Gasteiger partial charge in [0.25, 0.3) is 0 Å². The van der Waals surface area contributed by atoms with E-state index >= 15 is 0 Å². The third-order valence-electron chi connectivity index (χ3n) is 2.68. The summed E-state index contributed by atoms with van der Waals surface area (Å²) in [6.07, 6.45) is -0.261. The van der Waals surface area contributed by atoms with E-state index in [-0.39, 0.29) is 18.2 Å². The first-order valence-electron chi connectivity index (χ1n) is 5.84. The average Bonchev–Trinajstić information content (AvgIpc) is 2.31. The zero-order valence-electron chi connectivity index (χ0n) is 11.4. The lowest BCUT2D eigenvalue weighted by atomic mass is 10.2. The lowest BCUT2D eigenvalue weighted by molar-refractivity contribution is -0.0753. The van der Waals surface area contributed by atoms with Crippen molar-refractivity contribution < 1.29 is 14.3 Å². The molecular weight excluding hydrogens is 333 g/mol. The second-order valence-corrected chi connectivity index (χ2v) is 6.72. The van der Waals surface area contributed by atoms with Crippen LogP contribution in [0.4, 0.5) is 4.79 Å². The Morgan fingerprint density at radius 2 is 2.00 bits per heavy atom. The summed E-state index contributed by atoms with van der Waals surface area (Å²) in [6.45, 7) is 11.4. The van der Waals surface area contributed by atoms with Crippen molar-refractivity contribution in [1.82, 2.24) is 4.90 Å². The standard InChI is InChI=1S/C12H22INO3/c1-8-9(7-13)14(12(5,6)16-8)10(15)17-11(2,3)4/h8-9H,7H2,1-6H3/t8-,9-/m0/s1. The van der Waals surface area contributed by atoms with Gasteiger partial charge in [-0.25, -0.2) is 4.79 Å². The maximum atomic E-state index is 12.2. The van der Waals surface area contributed by atoms with Gasteiger partial charge in [0.05, 0.1) is 12.1 Å². The van der Waals surface area contributed by atoms with Crippen LogP contribution in [-0.2, 0) is 9.47 Å². The maximum absolute atomic E-state index is 12.2. The Hall–Kier alpha value is -0.0400. The maximum Gasteiger partial charge on any atom is 0.412 e. The van der Waals surface area contributed by atoms with Crippen LogP contribution in [0.2, 0.25) is 0 Å². The van der Waals surface area contributed by atoms with E-state index in [0.29, 0.717) is 0 Å². The predicted octanol–water partition coefficient (Wildman–Crippen LogP) is 3.18. The number of rotatable bonds is 1. The van der Waals surface area contributed by atoms with Gasteiger partial charge in [0.15, 0.2) is 0 Å². The van der Waals surface area contributed by atoms with Crippen LogP contribution >= 0.6 is 22.6 Å². The monoisotopic (exact) mass is 355 g/mol. The SMILES string of the molecule is C[C@@H]1OC(C)(C)N(C(=O)OC(C)(C)C)[C@H]1CI. The van der Waals surface area contributed by atoms with Crippen LogP contribution in [-0.4, -0.2) is 38.9 Å². The van der Waals surface area contributed by atoms with E-state index in [1.807, 2.05) is 41.5 Å². The van der Waals surface area contributed by atoms with Gasteiger partial charge in [0.2, 0.25) is 0 Å². The van der Waals surface area contributed by atoms with E-state index in [1.165, 1.54) is 0 Å². The van der Waals surface area contributed by atoms with Crippen LogP contribution in [0.15, 0.2) is 0 Å². The summed E-state index contributed by atoms with van der Waals surface area (Å²) in [5.41, 5.74) is -1.08. The van der Waals surface area contributed by atoms with E-state index < -0.39 is 11.3 Å². The number of hydrogen-bond acceptors (Lipinski definition) is 3. The molecule has 0 aliphatic carbocycles. The quantitative estimate of drug-likeness (QED) is 0.536. The van der Waals surface area contributed by atoms with Crippen molar-refractivity contribution in [2.45, 2.75) is 65.0 Å². The highest BCUT2D eigenvalue weighted by Crippen LogP contribution is 2.34. The molecule has 17 heavy (non-hydrogen) atoms. The molecule has 1 fully saturated rings. The number of hydrogen-bond donors (Lipinski definition) is 0. The van der Waals surface area contributed by atoms with Crippen LogP contribution in [0.25, 0.3) is 0 Å². The molecule has 1 saturated heterocycles. The second-order valence-electron chi connectivity index (χ2n) is 5.84. The Labute approximate surface area is 117 Å². The Morgan fingerprint density at radius 1 is 1.47 bits per heavy atom. The second kappa shape index (κ2) is 4.91. The van der Waals surface area contributed by atoms with Gasteiger partial charge in [0, 0.05) is 4.43 Å². The first-order chi connectivity index (χ1) is 7.58. The summed E-state index contributed by atoms with van der Waals surface area (Å²) in [4.78, 5) is 13.9. The Morgan fingerprint density at radius 3 is 2.41 bits per heavy atom. The van der Waals surface area contributed by atoms with Crippen molar-refractivity contribution in [1.29, 1.82) is 0 Å². The van der Waals surface area contributed by atoms with E-state index in [0.717, 1.165) is 4.43 Å². The van der Waals surface area contributed by atoms with Crippen LogP contribution in [0, 0.1) is 0 Å². The van der Waals surface area contributed by atoms with Crippen molar-refractivity contribution in [3.63, 3.8) is 0 Å². The first kappa shape index (κ1) is 15.0. The van der Waals surface area contributed by atoms with Gasteiger partial charge in [-0.3, -0.25) is 4.90 Å². The highest BCUT2D eigenvalue weighted by atomic mass is 127. The summed E-state index contributed by atoms with van der Waals surface area (Å²) in [5.74, 6) is 0. The normalized spacial score (nSPS) is 28.3. The molecule has 0 unspecified atom stereocenters. The molecule has 0 aromatic heterocycles. The number of ether oxygens (including phenoxy) is 2. The summed E-state index contributed by atoms with van der Waals surface area (Å²) < 4.78 is 12.1. The predicted molar refractivity (Wildman–Crippen MR) is 75.4 cm³/mol. The van der Waals surface area contributed by atoms with Crippen molar-refractivity contribution in [3.8, 4) is 0 Å². The number of carbonyl (C=O) groups is 1. The number of amides is 1. The largest absolute Gasteiger partial charge is 0.444 e. The number of nitrogens with zero attached hydrogens (tertiary/aromatic N) is 1. The molecule has 0 saturated carbocycles. The van der Waals surface area contributed by atoms with Gasteiger partial charge in [-0.05, 0) is 41.5 Å². The molecule has 4 nitrogen and oxygen atoms in total. The highest BCUT2D eigenvalue weighted by molar-refractivity contribution is 14.1. The Balaban J connectivity index is 2.89. The van der Waals surface area contributed by atoms with E-state index in [4.69, 9.17) is 9.47 Å². The molecular formula is C12H22INO3. The van der Waals surface area contributed by atoms with E-state index in [9.17, 15) is 4.79 Å². The van der Waals surface area contributed by atoms with Crippen LogP contribution in [0.3, 0.4) is 0 Å². The van der Waals surface area contributed by atoms with Gasteiger partial charge in [0.1, 0.15) is 11.3 Å². The third-order valence-corrected chi connectivity index (χ3v) is 3.58. The lowest BCUT2D eigenvalue weighted by Gasteiger charge is -2.34. The number of alkyl halides is 1. The topological polar surface area (TPSA) is 38.8 Å². The van der Waals surface area contributed by atoms with Crippen LogP contribution in [0.1, 0.15) is 41.5 Å². The fourth-order valence-corrected chi connectivity index (χ4v) is 3.17. The molecule has 1 aliphatic heterocycles. The molecule has 2 atom stereocenters. The zero-order valence-corrected chi connectivity index (χ0v) is 13.6. The molecule has 0 spiro atoms. The first-order valence-corrected chi connectivity index (χ1v) is 7.37. The molecule has 0 N–H and O–H groups in total. The summed E-state index contributed by atoms with van der Waals surface area (Å²) >= 11 is 2.28. The molecule has 1 aliphatic rings. The van der Waals surface area contributed by atoms with Crippen LogP contribution in [0.5, 0.6) is 0 Å². The van der Waals surface area contributed by atoms with Gasteiger partial charge in [-0.15, -0.1) is 0 Å². The molecule has 0 radical (unpaired) electrons. The molecule has 0 bridgehead atoms. The van der Waals surface area contributed by atoms with Crippen molar-refractivity contribution in [2.75, 3.05) is 4.43 Å². The molecule has 100 valence electrons. The molecule has 5 heteroatoms. The molecule has 0 aromatic carbocycles. The minimum absolute atomic E-state index is 0.0365. The highest BCUT2D eigenvalue weighted by Gasteiger charge is 2.48. The van der Waals surface area contributed by atoms with Gasteiger partial charge in [-0.1, -0.05) is 22.6 Å². The summed E-state index contributed by atoms with van der Waals surface area (Å²) in [6, 6.07) is 0.0699. The van der Waals surface area contributed by atoms with Crippen LogP contribution < -0.4 is 0 Å². The zero-order chi connectivity index (χ0) is 13.4. The number of halogens is 1. The fraction of sp³-hybridized carbons (Fsp3) is 0.917. The van der Waals surface area contributed by atoms with Crippen molar-refractivity contribution in [3.05, 3.63) is 0 Å². The van der Waals surface area contributed by atoms with E-state index in [1.54, 1.807) is 4.90 Å².